The Morgan fingerprint density at radius 1 is 0.760 bits per heavy atom. The van der Waals surface area contributed by atoms with Crippen molar-refractivity contribution in [3.63, 3.8) is 0 Å². The molecule has 0 bridgehead atoms. The molecule has 4 unspecified atom stereocenters. The van der Waals surface area contributed by atoms with E-state index in [1.54, 1.807) is 23.1 Å². The zero-order valence-corrected chi connectivity index (χ0v) is 29.3. The Morgan fingerprint density at radius 3 is 2.24 bits per heavy atom. The molecule has 7 nitrogen and oxygen atoms in total. The predicted molar refractivity (Wildman–Crippen MR) is 201 cm³/mol. The van der Waals surface area contributed by atoms with Crippen molar-refractivity contribution in [2.45, 2.75) is 49.5 Å². The van der Waals surface area contributed by atoms with E-state index in [0.717, 1.165) is 54.6 Å². The fraction of sp³-hybridized carbons (Fsp3) is 0.220. The van der Waals surface area contributed by atoms with Gasteiger partial charge in [-0.15, -0.1) is 11.3 Å². The van der Waals surface area contributed by atoms with Crippen LogP contribution in [0.15, 0.2) is 132 Å². The second-order valence-corrected chi connectivity index (χ2v) is 14.7. The van der Waals surface area contributed by atoms with Crippen LogP contribution in [0.5, 0.6) is 0 Å². The molecule has 1 aromatic heterocycles. The third-order valence-corrected chi connectivity index (χ3v) is 11.2. The van der Waals surface area contributed by atoms with Crippen molar-refractivity contribution in [2.75, 3.05) is 5.75 Å². The standard InChI is InChI=1S/C41H39N3O4S2/c1-27-36(26-49-41-44-35-15-5-6-16-37(35)50-41)47-39(48-38(27)31-19-17-29(25-45)18-20-31)34-14-8-13-33(22-34)32-12-7-11-30(21-32)24-43-40(46)42-23-28-9-3-2-4-10-28/h2-22,27,36,38-39,45H,23-26H2,1H3,(H2,42,43,46). The van der Waals surface area contributed by atoms with E-state index < -0.39 is 6.29 Å². The highest BCUT2D eigenvalue weighted by Crippen LogP contribution is 2.44. The van der Waals surface area contributed by atoms with Crippen LogP contribution in [-0.4, -0.2) is 28.0 Å². The SMILES string of the molecule is CC1C(CSc2nc3ccccc3s2)OC(c2cccc(-c3cccc(CNC(=O)NCc4ccccc4)c3)c2)OC1c1ccc(CO)cc1. The highest BCUT2D eigenvalue weighted by atomic mass is 32.2. The summed E-state index contributed by atoms with van der Waals surface area (Å²) in [6, 6.07) is 42.4. The first-order chi connectivity index (χ1) is 24.5. The molecule has 1 aliphatic rings. The first-order valence-corrected chi connectivity index (χ1v) is 18.6. The summed E-state index contributed by atoms with van der Waals surface area (Å²) in [6.45, 7) is 3.06. The second kappa shape index (κ2) is 16.0. The van der Waals surface area contributed by atoms with Crippen molar-refractivity contribution in [1.82, 2.24) is 15.6 Å². The summed E-state index contributed by atoms with van der Waals surface area (Å²) in [5.74, 6) is 0.810. The van der Waals surface area contributed by atoms with Crippen molar-refractivity contribution < 1.29 is 19.4 Å². The Kier molecular flexibility index (Phi) is 10.9. The maximum Gasteiger partial charge on any atom is 0.315 e. The maximum absolute atomic E-state index is 12.5. The number of aromatic nitrogens is 1. The molecule has 0 aliphatic carbocycles. The molecule has 9 heteroatoms. The van der Waals surface area contributed by atoms with E-state index >= 15 is 0 Å². The maximum atomic E-state index is 12.5. The summed E-state index contributed by atoms with van der Waals surface area (Å²) in [5.41, 5.74) is 8.00. The van der Waals surface area contributed by atoms with Gasteiger partial charge in [0.15, 0.2) is 10.6 Å². The van der Waals surface area contributed by atoms with Crippen molar-refractivity contribution in [2.24, 2.45) is 5.92 Å². The molecule has 0 spiro atoms. The average molecular weight is 702 g/mol. The van der Waals surface area contributed by atoms with Crippen LogP contribution in [0.3, 0.4) is 0 Å². The van der Waals surface area contributed by atoms with Gasteiger partial charge in [0.1, 0.15) is 0 Å². The summed E-state index contributed by atoms with van der Waals surface area (Å²) in [5, 5.41) is 15.5. The van der Waals surface area contributed by atoms with E-state index in [4.69, 9.17) is 14.5 Å². The number of aliphatic hydroxyl groups is 1. The highest BCUT2D eigenvalue weighted by molar-refractivity contribution is 8.01. The molecule has 1 saturated heterocycles. The lowest BCUT2D eigenvalue weighted by Crippen LogP contribution is -2.38. The number of amides is 2. The summed E-state index contributed by atoms with van der Waals surface area (Å²) >= 11 is 3.43. The Labute approximate surface area is 300 Å². The summed E-state index contributed by atoms with van der Waals surface area (Å²) in [4.78, 5) is 17.3. The summed E-state index contributed by atoms with van der Waals surface area (Å²) < 4.78 is 15.7. The number of thioether (sulfide) groups is 1. The van der Waals surface area contributed by atoms with E-state index in [-0.39, 0.29) is 30.8 Å². The van der Waals surface area contributed by atoms with Gasteiger partial charge in [0, 0.05) is 30.3 Å². The quantitative estimate of drug-likeness (QED) is 0.117. The first-order valence-electron chi connectivity index (χ1n) is 16.8. The second-order valence-electron chi connectivity index (χ2n) is 12.4. The van der Waals surface area contributed by atoms with Crippen LogP contribution in [0.2, 0.25) is 0 Å². The zero-order chi connectivity index (χ0) is 34.3. The molecule has 1 fully saturated rings. The minimum atomic E-state index is -0.576. The Morgan fingerprint density at radius 2 is 1.46 bits per heavy atom. The van der Waals surface area contributed by atoms with Crippen LogP contribution in [-0.2, 0) is 29.2 Å². The lowest BCUT2D eigenvalue weighted by molar-refractivity contribution is -0.268. The topological polar surface area (TPSA) is 92.7 Å². The lowest BCUT2D eigenvalue weighted by Gasteiger charge is -2.41. The Hall–Kier alpha value is -4.51. The molecule has 2 amide bonds. The average Bonchev–Trinajstić information content (AvgIpc) is 3.60. The molecule has 1 aliphatic heterocycles. The number of nitrogens with zero attached hydrogens (tertiary/aromatic N) is 1. The van der Waals surface area contributed by atoms with Gasteiger partial charge in [0.2, 0.25) is 0 Å². The van der Waals surface area contributed by atoms with Crippen molar-refractivity contribution in [1.29, 1.82) is 0 Å². The van der Waals surface area contributed by atoms with Crippen LogP contribution in [0.1, 0.15) is 47.1 Å². The number of nitrogens with one attached hydrogen (secondary N) is 2. The molecule has 4 atom stereocenters. The Balaban J connectivity index is 1.07. The normalized spacial score (nSPS) is 18.9. The number of hydrogen-bond donors (Lipinski definition) is 3. The van der Waals surface area contributed by atoms with E-state index in [1.165, 1.54) is 4.70 Å². The fourth-order valence-corrected chi connectivity index (χ4v) is 8.38. The number of fused-ring (bicyclic) bond motifs is 1. The Bertz CT molecular complexity index is 2000. The van der Waals surface area contributed by atoms with Crippen LogP contribution in [0.4, 0.5) is 4.79 Å². The van der Waals surface area contributed by atoms with Gasteiger partial charge in [-0.3, -0.25) is 0 Å². The molecule has 254 valence electrons. The highest BCUT2D eigenvalue weighted by Gasteiger charge is 2.38. The molecule has 50 heavy (non-hydrogen) atoms. The smallest absolute Gasteiger partial charge is 0.315 e. The minimum Gasteiger partial charge on any atom is -0.392 e. The number of urea groups is 1. The zero-order valence-electron chi connectivity index (χ0n) is 27.7. The lowest BCUT2D eigenvalue weighted by atomic mass is 9.91. The predicted octanol–water partition coefficient (Wildman–Crippen LogP) is 9.04. The summed E-state index contributed by atoms with van der Waals surface area (Å²) in [6.07, 6.45) is -0.874. The molecular weight excluding hydrogens is 663 g/mol. The third-order valence-electron chi connectivity index (χ3n) is 8.94. The third kappa shape index (κ3) is 8.26. The monoisotopic (exact) mass is 701 g/mol. The molecule has 7 rings (SSSR count). The number of benzene rings is 5. The number of carbonyl (C=O) groups is 1. The van der Waals surface area contributed by atoms with E-state index in [2.05, 4.69) is 60.0 Å². The largest absolute Gasteiger partial charge is 0.392 e. The number of carbonyl (C=O) groups excluding carboxylic acids is 1. The van der Waals surface area contributed by atoms with E-state index in [1.807, 2.05) is 84.9 Å². The van der Waals surface area contributed by atoms with Crippen molar-refractivity contribution >= 4 is 39.3 Å². The number of rotatable bonds is 11. The van der Waals surface area contributed by atoms with Gasteiger partial charge in [-0.1, -0.05) is 122 Å². The van der Waals surface area contributed by atoms with Crippen molar-refractivity contribution in [3.05, 3.63) is 155 Å². The number of aliphatic hydroxyl groups excluding tert-OH is 1. The van der Waals surface area contributed by atoms with Crippen LogP contribution < -0.4 is 10.6 Å². The number of para-hydroxylation sites is 1. The van der Waals surface area contributed by atoms with Crippen LogP contribution in [0.25, 0.3) is 21.3 Å². The minimum absolute atomic E-state index is 0.0000358. The molecule has 0 saturated carbocycles. The number of thiazole rings is 1. The molecule has 3 N–H and O–H groups in total. The van der Waals surface area contributed by atoms with Gasteiger partial charge >= 0.3 is 6.03 Å². The summed E-state index contributed by atoms with van der Waals surface area (Å²) in [7, 11) is 0. The molecule has 0 radical (unpaired) electrons. The van der Waals surface area contributed by atoms with Gasteiger partial charge in [0.05, 0.1) is 29.0 Å². The van der Waals surface area contributed by atoms with Crippen molar-refractivity contribution in [3.8, 4) is 11.1 Å². The van der Waals surface area contributed by atoms with Gasteiger partial charge in [-0.05, 0) is 57.6 Å². The van der Waals surface area contributed by atoms with E-state index in [9.17, 15) is 9.90 Å². The van der Waals surface area contributed by atoms with E-state index in [0.29, 0.717) is 13.1 Å². The van der Waals surface area contributed by atoms with Gasteiger partial charge in [-0.25, -0.2) is 9.78 Å². The molecule has 5 aromatic carbocycles. The molecule has 6 aromatic rings. The first kappa shape index (κ1) is 34.0. The van der Waals surface area contributed by atoms with Crippen LogP contribution in [0, 0.1) is 5.92 Å². The fourth-order valence-electron chi connectivity index (χ4n) is 6.12. The van der Waals surface area contributed by atoms with Crippen LogP contribution >= 0.6 is 23.1 Å². The van der Waals surface area contributed by atoms with Gasteiger partial charge in [-0.2, -0.15) is 0 Å². The number of ether oxygens (including phenoxy) is 2. The molecular formula is C41H39N3O4S2. The van der Waals surface area contributed by atoms with Gasteiger partial charge < -0.3 is 25.2 Å². The number of hydrogen-bond acceptors (Lipinski definition) is 7. The molecule has 2 heterocycles. The van der Waals surface area contributed by atoms with Gasteiger partial charge in [0.25, 0.3) is 0 Å².